The fraction of sp³-hybridized carbons (Fsp3) is 0.429. The maximum absolute atomic E-state index is 12.8. The van der Waals surface area contributed by atoms with Gasteiger partial charge in [0, 0.05) is 13.0 Å². The van der Waals surface area contributed by atoms with E-state index in [0.29, 0.717) is 6.54 Å². The first-order valence-electron chi connectivity index (χ1n) is 6.81. The van der Waals surface area contributed by atoms with Crippen molar-refractivity contribution >= 4 is 21.7 Å². The Hall–Kier alpha value is -1.96. The van der Waals surface area contributed by atoms with Gasteiger partial charge in [-0.05, 0) is 38.1 Å². The minimum atomic E-state index is -3.67. The van der Waals surface area contributed by atoms with Crippen molar-refractivity contribution in [3.63, 3.8) is 0 Å². The Balaban J connectivity index is 2.56. The van der Waals surface area contributed by atoms with Crippen LogP contribution in [-0.2, 0) is 19.4 Å². The Labute approximate surface area is 129 Å². The van der Waals surface area contributed by atoms with Gasteiger partial charge in [-0.25, -0.2) is 12.8 Å². The topological polar surface area (TPSA) is 92.3 Å². The monoisotopic (exact) mass is 330 g/mol. The number of benzene rings is 1. The molecule has 1 unspecified atom stereocenters. The molecule has 0 saturated heterocycles. The SMILES string of the molecule is CCNC(=O)C(C)NC(=O)CCS(=O)(=O)c1ccc(F)cc1. The minimum Gasteiger partial charge on any atom is -0.355 e. The van der Waals surface area contributed by atoms with Gasteiger partial charge in [0.2, 0.25) is 11.8 Å². The lowest BCUT2D eigenvalue weighted by molar-refractivity contribution is -0.128. The van der Waals surface area contributed by atoms with Gasteiger partial charge >= 0.3 is 0 Å². The predicted molar refractivity (Wildman–Crippen MR) is 79.4 cm³/mol. The molecule has 0 aromatic heterocycles. The molecule has 6 nitrogen and oxygen atoms in total. The van der Waals surface area contributed by atoms with Crippen molar-refractivity contribution in [3.05, 3.63) is 30.1 Å². The number of carbonyl (C=O) groups excluding carboxylic acids is 2. The molecule has 0 bridgehead atoms. The summed E-state index contributed by atoms with van der Waals surface area (Å²) < 4.78 is 36.8. The van der Waals surface area contributed by atoms with Crippen LogP contribution in [0.15, 0.2) is 29.2 Å². The van der Waals surface area contributed by atoms with E-state index >= 15 is 0 Å². The summed E-state index contributed by atoms with van der Waals surface area (Å²) in [6.45, 7) is 3.71. The minimum absolute atomic E-state index is 0.0431. The second-order valence-electron chi connectivity index (χ2n) is 4.71. The lowest BCUT2D eigenvalue weighted by Gasteiger charge is -2.13. The summed E-state index contributed by atoms with van der Waals surface area (Å²) in [7, 11) is -3.67. The molecule has 1 atom stereocenters. The Morgan fingerprint density at radius 3 is 2.36 bits per heavy atom. The van der Waals surface area contributed by atoms with Gasteiger partial charge in [-0.15, -0.1) is 0 Å². The molecule has 0 heterocycles. The maximum atomic E-state index is 12.8. The fourth-order valence-corrected chi connectivity index (χ4v) is 2.93. The van der Waals surface area contributed by atoms with Gasteiger partial charge < -0.3 is 10.6 Å². The number of amides is 2. The third-order valence-corrected chi connectivity index (χ3v) is 4.62. The first-order valence-corrected chi connectivity index (χ1v) is 8.47. The molecule has 0 spiro atoms. The first-order chi connectivity index (χ1) is 10.3. The van der Waals surface area contributed by atoms with Crippen molar-refractivity contribution < 1.29 is 22.4 Å². The lowest BCUT2D eigenvalue weighted by atomic mass is 10.3. The second-order valence-corrected chi connectivity index (χ2v) is 6.82. The molecule has 0 aliphatic rings. The van der Waals surface area contributed by atoms with E-state index in [0.717, 1.165) is 24.3 Å². The van der Waals surface area contributed by atoms with Gasteiger partial charge in [0.15, 0.2) is 9.84 Å². The van der Waals surface area contributed by atoms with Gasteiger partial charge in [-0.2, -0.15) is 0 Å². The summed E-state index contributed by atoms with van der Waals surface area (Å²) in [5.74, 6) is -1.82. The lowest BCUT2D eigenvalue weighted by Crippen LogP contribution is -2.45. The summed E-state index contributed by atoms with van der Waals surface area (Å²) in [5, 5.41) is 4.97. The van der Waals surface area contributed by atoms with Crippen molar-refractivity contribution in [2.24, 2.45) is 0 Å². The highest BCUT2D eigenvalue weighted by Gasteiger charge is 2.19. The molecule has 2 N–H and O–H groups in total. The highest BCUT2D eigenvalue weighted by molar-refractivity contribution is 7.91. The number of sulfone groups is 1. The van der Waals surface area contributed by atoms with Gasteiger partial charge in [-0.1, -0.05) is 0 Å². The predicted octanol–water partition coefficient (Wildman–Crippen LogP) is 0.630. The molecule has 122 valence electrons. The average Bonchev–Trinajstić information content (AvgIpc) is 2.46. The summed E-state index contributed by atoms with van der Waals surface area (Å²) in [6, 6.07) is 3.66. The zero-order chi connectivity index (χ0) is 16.8. The van der Waals surface area contributed by atoms with E-state index in [1.54, 1.807) is 6.92 Å². The molecule has 1 rings (SSSR count). The summed E-state index contributed by atoms with van der Waals surface area (Å²) in [6.07, 6.45) is -0.274. The third kappa shape index (κ3) is 5.44. The number of halogens is 1. The Morgan fingerprint density at radius 2 is 1.82 bits per heavy atom. The smallest absolute Gasteiger partial charge is 0.242 e. The highest BCUT2D eigenvalue weighted by Crippen LogP contribution is 2.12. The molecule has 0 radical (unpaired) electrons. The van der Waals surface area contributed by atoms with Crippen LogP contribution in [0.2, 0.25) is 0 Å². The Bertz CT molecular complexity index is 629. The van der Waals surface area contributed by atoms with Crippen molar-refractivity contribution in [1.82, 2.24) is 10.6 Å². The van der Waals surface area contributed by atoms with Gasteiger partial charge in [0.1, 0.15) is 11.9 Å². The quantitative estimate of drug-likeness (QED) is 0.717. The molecule has 0 fully saturated rings. The Kier molecular flexibility index (Phi) is 6.48. The van der Waals surface area contributed by atoms with Crippen LogP contribution in [0.25, 0.3) is 0 Å². The van der Waals surface area contributed by atoms with Crippen LogP contribution >= 0.6 is 0 Å². The maximum Gasteiger partial charge on any atom is 0.242 e. The van der Waals surface area contributed by atoms with Crippen LogP contribution in [0.1, 0.15) is 20.3 Å². The number of rotatable bonds is 7. The van der Waals surface area contributed by atoms with Crippen LogP contribution in [0.3, 0.4) is 0 Å². The molecule has 1 aromatic rings. The molecule has 0 aliphatic carbocycles. The summed E-state index contributed by atoms with van der Waals surface area (Å²) in [4.78, 5) is 23.1. The third-order valence-electron chi connectivity index (χ3n) is 2.89. The molecule has 2 amide bonds. The van der Waals surface area contributed by atoms with Gasteiger partial charge in [0.25, 0.3) is 0 Å². The molecule has 0 saturated carbocycles. The Morgan fingerprint density at radius 1 is 1.23 bits per heavy atom. The van der Waals surface area contributed by atoms with Crippen molar-refractivity contribution in [2.75, 3.05) is 12.3 Å². The van der Waals surface area contributed by atoms with Gasteiger partial charge in [-0.3, -0.25) is 9.59 Å². The van der Waals surface area contributed by atoms with Crippen LogP contribution in [0, 0.1) is 5.82 Å². The first kappa shape index (κ1) is 18.1. The normalized spacial score (nSPS) is 12.5. The van der Waals surface area contributed by atoms with Crippen LogP contribution in [0.4, 0.5) is 4.39 Å². The van der Waals surface area contributed by atoms with E-state index in [2.05, 4.69) is 10.6 Å². The van der Waals surface area contributed by atoms with E-state index in [1.165, 1.54) is 6.92 Å². The number of nitrogens with one attached hydrogen (secondary N) is 2. The number of likely N-dealkylation sites (N-methyl/N-ethyl adjacent to an activating group) is 1. The van der Waals surface area contributed by atoms with E-state index in [9.17, 15) is 22.4 Å². The van der Waals surface area contributed by atoms with Crippen LogP contribution in [0.5, 0.6) is 0 Å². The van der Waals surface area contributed by atoms with Crippen molar-refractivity contribution in [3.8, 4) is 0 Å². The summed E-state index contributed by atoms with van der Waals surface area (Å²) in [5.41, 5.74) is 0. The van der Waals surface area contributed by atoms with E-state index in [1.807, 2.05) is 0 Å². The largest absolute Gasteiger partial charge is 0.355 e. The molecule has 22 heavy (non-hydrogen) atoms. The second kappa shape index (κ2) is 7.88. The summed E-state index contributed by atoms with van der Waals surface area (Å²) >= 11 is 0. The average molecular weight is 330 g/mol. The zero-order valence-electron chi connectivity index (χ0n) is 12.4. The van der Waals surface area contributed by atoms with E-state index in [4.69, 9.17) is 0 Å². The standard InChI is InChI=1S/C14H19FN2O4S/c1-3-16-14(19)10(2)17-13(18)8-9-22(20,21)12-6-4-11(15)5-7-12/h4-7,10H,3,8-9H2,1-2H3,(H,16,19)(H,17,18). The van der Waals surface area contributed by atoms with Crippen molar-refractivity contribution in [2.45, 2.75) is 31.2 Å². The van der Waals surface area contributed by atoms with Crippen LogP contribution < -0.4 is 10.6 Å². The van der Waals surface area contributed by atoms with Crippen LogP contribution in [-0.4, -0.2) is 38.6 Å². The van der Waals surface area contributed by atoms with E-state index in [-0.39, 0.29) is 17.2 Å². The molecular weight excluding hydrogens is 311 g/mol. The fourth-order valence-electron chi connectivity index (χ4n) is 1.69. The molecule has 8 heteroatoms. The zero-order valence-corrected chi connectivity index (χ0v) is 13.2. The highest BCUT2D eigenvalue weighted by atomic mass is 32.2. The van der Waals surface area contributed by atoms with Gasteiger partial charge in [0.05, 0.1) is 10.6 Å². The number of carbonyl (C=O) groups is 2. The van der Waals surface area contributed by atoms with E-state index < -0.39 is 33.4 Å². The molecular formula is C14H19FN2O4S. The number of hydrogen-bond acceptors (Lipinski definition) is 4. The number of hydrogen-bond donors (Lipinski definition) is 2. The van der Waals surface area contributed by atoms with Crippen molar-refractivity contribution in [1.29, 1.82) is 0 Å². The molecule has 1 aromatic carbocycles. The molecule has 0 aliphatic heterocycles.